The van der Waals surface area contributed by atoms with Gasteiger partial charge in [-0.05, 0) is 37.0 Å². The van der Waals surface area contributed by atoms with Crippen LogP contribution in [0.5, 0.6) is 0 Å². The molecular formula is C20H31N3O4S. The first-order valence-electron chi connectivity index (χ1n) is 10.1. The smallest absolute Gasteiger partial charge is 0.251 e. The molecule has 2 aliphatic rings. The Hall–Kier alpha value is -1.48. The van der Waals surface area contributed by atoms with E-state index < -0.39 is 10.0 Å². The van der Waals surface area contributed by atoms with Crippen molar-refractivity contribution in [2.24, 2.45) is 5.92 Å². The van der Waals surface area contributed by atoms with Crippen LogP contribution in [-0.2, 0) is 14.8 Å². The zero-order chi connectivity index (χ0) is 20.1. The largest absolute Gasteiger partial charge is 0.374 e. The average molecular weight is 410 g/mol. The highest BCUT2D eigenvalue weighted by Crippen LogP contribution is 2.21. The maximum absolute atomic E-state index is 12.7. The molecule has 28 heavy (non-hydrogen) atoms. The lowest BCUT2D eigenvalue weighted by atomic mass is 10.1. The molecular weight excluding hydrogens is 378 g/mol. The summed E-state index contributed by atoms with van der Waals surface area (Å²) in [4.78, 5) is 15.1. The summed E-state index contributed by atoms with van der Waals surface area (Å²) >= 11 is 0. The van der Waals surface area contributed by atoms with Gasteiger partial charge in [0.05, 0.1) is 17.6 Å². The quantitative estimate of drug-likeness (QED) is 0.739. The normalized spacial score (nSPS) is 21.9. The second-order valence-corrected chi connectivity index (χ2v) is 9.93. The first-order chi connectivity index (χ1) is 13.4. The fourth-order valence-corrected chi connectivity index (χ4v) is 5.33. The highest BCUT2D eigenvalue weighted by molar-refractivity contribution is 7.89. The number of ether oxygens (including phenoxy) is 1. The minimum Gasteiger partial charge on any atom is -0.374 e. The average Bonchev–Trinajstić information content (AvgIpc) is 3.22. The third-order valence-corrected chi connectivity index (χ3v) is 7.03. The molecule has 1 atom stereocenters. The van der Waals surface area contributed by atoms with Gasteiger partial charge in [-0.25, -0.2) is 8.42 Å². The second-order valence-electron chi connectivity index (χ2n) is 8.00. The first-order valence-corrected chi connectivity index (χ1v) is 11.5. The predicted molar refractivity (Wildman–Crippen MR) is 108 cm³/mol. The maximum Gasteiger partial charge on any atom is 0.251 e. The Morgan fingerprint density at radius 2 is 2.00 bits per heavy atom. The lowest BCUT2D eigenvalue weighted by molar-refractivity contribution is -0.0295. The van der Waals surface area contributed by atoms with Crippen LogP contribution in [0.1, 0.15) is 37.0 Å². The third-order valence-electron chi connectivity index (χ3n) is 5.14. The molecule has 0 spiro atoms. The molecule has 8 heteroatoms. The summed E-state index contributed by atoms with van der Waals surface area (Å²) in [6.45, 7) is 9.28. The van der Waals surface area contributed by atoms with Crippen molar-refractivity contribution in [3.05, 3.63) is 29.8 Å². The Labute approximate surface area is 168 Å². The number of benzene rings is 1. The molecule has 3 rings (SSSR count). The van der Waals surface area contributed by atoms with Crippen molar-refractivity contribution < 1.29 is 17.9 Å². The summed E-state index contributed by atoms with van der Waals surface area (Å²) in [7, 11) is -3.53. The summed E-state index contributed by atoms with van der Waals surface area (Å²) in [5.41, 5.74) is 0.357. The van der Waals surface area contributed by atoms with Crippen LogP contribution in [0.2, 0.25) is 0 Å². The van der Waals surface area contributed by atoms with E-state index in [4.69, 9.17) is 4.74 Å². The molecule has 0 radical (unpaired) electrons. The number of nitrogens with zero attached hydrogens (tertiary/aromatic N) is 2. The van der Waals surface area contributed by atoms with Crippen molar-refractivity contribution in [3.63, 3.8) is 0 Å². The molecule has 2 saturated heterocycles. The Morgan fingerprint density at radius 3 is 2.71 bits per heavy atom. The van der Waals surface area contributed by atoms with Crippen LogP contribution in [-0.4, -0.2) is 75.5 Å². The minimum absolute atomic E-state index is 0.0482. The van der Waals surface area contributed by atoms with Gasteiger partial charge in [-0.2, -0.15) is 4.31 Å². The van der Waals surface area contributed by atoms with E-state index in [1.807, 2.05) is 0 Å². The molecule has 0 saturated carbocycles. The highest BCUT2D eigenvalue weighted by Gasteiger charge is 2.28. The molecule has 7 nitrogen and oxygen atoms in total. The summed E-state index contributed by atoms with van der Waals surface area (Å²) in [5, 5.41) is 2.89. The second kappa shape index (κ2) is 9.35. The molecule has 0 unspecified atom stereocenters. The van der Waals surface area contributed by atoms with Crippen LogP contribution >= 0.6 is 0 Å². The molecule has 2 fully saturated rings. The van der Waals surface area contributed by atoms with Gasteiger partial charge in [-0.1, -0.05) is 19.9 Å². The van der Waals surface area contributed by atoms with Crippen LogP contribution in [0.15, 0.2) is 29.2 Å². The van der Waals surface area contributed by atoms with Gasteiger partial charge >= 0.3 is 0 Å². The Morgan fingerprint density at radius 1 is 1.25 bits per heavy atom. The van der Waals surface area contributed by atoms with E-state index in [0.29, 0.717) is 37.7 Å². The number of nitrogens with one attached hydrogen (secondary N) is 1. The summed E-state index contributed by atoms with van der Waals surface area (Å²) in [6, 6.07) is 6.29. The van der Waals surface area contributed by atoms with Crippen LogP contribution < -0.4 is 5.32 Å². The summed E-state index contributed by atoms with van der Waals surface area (Å²) < 4.78 is 32.7. The molecule has 0 aliphatic carbocycles. The number of hydrogen-bond acceptors (Lipinski definition) is 5. The molecule has 0 aromatic heterocycles. The summed E-state index contributed by atoms with van der Waals surface area (Å²) in [5.74, 6) is 0.316. The van der Waals surface area contributed by atoms with Crippen molar-refractivity contribution in [1.29, 1.82) is 0 Å². The van der Waals surface area contributed by atoms with Gasteiger partial charge in [0.15, 0.2) is 0 Å². The number of hydrogen-bond donors (Lipinski definition) is 1. The number of morpholine rings is 1. The van der Waals surface area contributed by atoms with Gasteiger partial charge < -0.3 is 10.1 Å². The summed E-state index contributed by atoms with van der Waals surface area (Å²) in [6.07, 6.45) is 1.72. The Bertz CT molecular complexity index is 775. The highest BCUT2D eigenvalue weighted by atomic mass is 32.2. The van der Waals surface area contributed by atoms with Gasteiger partial charge in [0, 0.05) is 44.8 Å². The van der Waals surface area contributed by atoms with E-state index in [-0.39, 0.29) is 16.9 Å². The molecule has 1 aromatic rings. The van der Waals surface area contributed by atoms with Crippen molar-refractivity contribution in [1.82, 2.24) is 14.5 Å². The van der Waals surface area contributed by atoms with E-state index in [2.05, 4.69) is 24.1 Å². The van der Waals surface area contributed by atoms with E-state index >= 15 is 0 Å². The number of sulfonamides is 1. The molecule has 2 heterocycles. The third kappa shape index (κ3) is 5.31. The zero-order valence-electron chi connectivity index (χ0n) is 16.8. The van der Waals surface area contributed by atoms with Crippen LogP contribution in [0.3, 0.4) is 0 Å². The molecule has 1 N–H and O–H groups in total. The van der Waals surface area contributed by atoms with Crippen molar-refractivity contribution in [2.45, 2.75) is 37.7 Å². The van der Waals surface area contributed by atoms with Crippen molar-refractivity contribution >= 4 is 15.9 Å². The van der Waals surface area contributed by atoms with E-state index in [9.17, 15) is 13.2 Å². The van der Waals surface area contributed by atoms with Crippen LogP contribution in [0.25, 0.3) is 0 Å². The van der Waals surface area contributed by atoms with Gasteiger partial charge in [-0.3, -0.25) is 9.69 Å². The first kappa shape index (κ1) is 21.2. The van der Waals surface area contributed by atoms with E-state index in [1.165, 1.54) is 10.4 Å². The Balaban J connectivity index is 1.59. The zero-order valence-corrected chi connectivity index (χ0v) is 17.6. The lowest BCUT2D eigenvalue weighted by Crippen LogP contribution is -2.48. The maximum atomic E-state index is 12.7. The van der Waals surface area contributed by atoms with Crippen molar-refractivity contribution in [3.8, 4) is 0 Å². The molecule has 2 aliphatic heterocycles. The van der Waals surface area contributed by atoms with Gasteiger partial charge in [0.1, 0.15) is 0 Å². The standard InChI is InChI=1S/C20H31N3O4S/c1-16(2)14-22-10-11-27-18(15-22)13-21-20(24)17-6-5-7-19(12-17)28(25,26)23-8-3-4-9-23/h5-7,12,16,18H,3-4,8-11,13-15H2,1-2H3,(H,21,24)/t18-/m1/s1. The number of carbonyl (C=O) groups is 1. The fourth-order valence-electron chi connectivity index (χ4n) is 3.77. The van der Waals surface area contributed by atoms with Gasteiger partial charge in [0.25, 0.3) is 5.91 Å². The number of carbonyl (C=O) groups excluding carboxylic acids is 1. The topological polar surface area (TPSA) is 79.0 Å². The van der Waals surface area contributed by atoms with Crippen LogP contribution in [0.4, 0.5) is 0 Å². The molecule has 0 bridgehead atoms. The Kier molecular flexibility index (Phi) is 7.09. The predicted octanol–water partition coefficient (Wildman–Crippen LogP) is 1.56. The fraction of sp³-hybridized carbons (Fsp3) is 0.650. The van der Waals surface area contributed by atoms with Gasteiger partial charge in [-0.15, -0.1) is 0 Å². The molecule has 1 amide bonds. The molecule has 1 aromatic carbocycles. The minimum atomic E-state index is -3.53. The van der Waals surface area contributed by atoms with E-state index in [1.54, 1.807) is 18.2 Å². The monoisotopic (exact) mass is 409 g/mol. The number of amides is 1. The molecule has 156 valence electrons. The van der Waals surface area contributed by atoms with Gasteiger partial charge in [0.2, 0.25) is 10.0 Å². The van der Waals surface area contributed by atoms with E-state index in [0.717, 1.165) is 32.5 Å². The lowest BCUT2D eigenvalue weighted by Gasteiger charge is -2.33. The SMILES string of the molecule is CC(C)CN1CCO[C@H](CNC(=O)c2cccc(S(=O)(=O)N3CCCC3)c2)C1. The van der Waals surface area contributed by atoms with Crippen LogP contribution in [0, 0.1) is 5.92 Å². The van der Waals surface area contributed by atoms with Crippen molar-refractivity contribution in [2.75, 3.05) is 45.9 Å². The number of rotatable bonds is 7.